The first-order valence-electron chi connectivity index (χ1n) is 10.0. The van der Waals surface area contributed by atoms with E-state index in [0.29, 0.717) is 18.8 Å². The molecule has 0 aliphatic carbocycles. The molecular weight excluding hydrogens is 364 g/mol. The Bertz CT molecular complexity index is 896. The van der Waals surface area contributed by atoms with Crippen LogP contribution in [0.25, 0.3) is 11.1 Å². The van der Waals surface area contributed by atoms with Gasteiger partial charge in [0.2, 0.25) is 5.91 Å². The molecule has 1 aromatic carbocycles. The highest BCUT2D eigenvalue weighted by Gasteiger charge is 2.39. The fraction of sp³-hybridized carbons (Fsp3) is 0.435. The lowest BCUT2D eigenvalue weighted by molar-refractivity contribution is -0.132. The van der Waals surface area contributed by atoms with Crippen molar-refractivity contribution in [2.75, 3.05) is 34.2 Å². The standard InChI is InChI=1S/C23H30N4O2/c1-23(22(29)24-2)11-7-13-27(16-23)21(28)20-19(10-6-12-25-20)18-9-5-8-17(14-18)15-26(3)4/h5-6,8-10,12,14H,7,11,13,15-16H2,1-4H3,(H,24,29). The molecule has 3 rings (SSSR count). The van der Waals surface area contributed by atoms with Crippen LogP contribution in [0.15, 0.2) is 42.6 Å². The highest BCUT2D eigenvalue weighted by molar-refractivity contribution is 5.99. The van der Waals surface area contributed by atoms with Crippen molar-refractivity contribution in [3.8, 4) is 11.1 Å². The third-order valence-corrected chi connectivity index (χ3v) is 5.51. The number of hydrogen-bond acceptors (Lipinski definition) is 4. The number of nitrogens with zero attached hydrogens (tertiary/aromatic N) is 3. The maximum Gasteiger partial charge on any atom is 0.273 e. The van der Waals surface area contributed by atoms with Crippen molar-refractivity contribution in [2.24, 2.45) is 5.41 Å². The minimum atomic E-state index is -0.566. The number of amides is 2. The van der Waals surface area contributed by atoms with Crippen LogP contribution in [0.4, 0.5) is 0 Å². The predicted molar refractivity (Wildman–Crippen MR) is 114 cm³/mol. The van der Waals surface area contributed by atoms with E-state index in [1.54, 1.807) is 18.1 Å². The van der Waals surface area contributed by atoms with Crippen LogP contribution in [0, 0.1) is 5.41 Å². The smallest absolute Gasteiger partial charge is 0.273 e. The number of carbonyl (C=O) groups is 2. The Labute approximate surface area is 172 Å². The Morgan fingerprint density at radius 1 is 1.24 bits per heavy atom. The monoisotopic (exact) mass is 394 g/mol. The molecule has 1 N–H and O–H groups in total. The van der Waals surface area contributed by atoms with Crippen molar-refractivity contribution < 1.29 is 9.59 Å². The van der Waals surface area contributed by atoms with Crippen LogP contribution < -0.4 is 5.32 Å². The number of carbonyl (C=O) groups excluding carboxylic acids is 2. The molecule has 6 nitrogen and oxygen atoms in total. The van der Waals surface area contributed by atoms with Gasteiger partial charge >= 0.3 is 0 Å². The lowest BCUT2D eigenvalue weighted by atomic mass is 9.81. The van der Waals surface area contributed by atoms with Gasteiger partial charge in [0.15, 0.2) is 0 Å². The van der Waals surface area contributed by atoms with Crippen LogP contribution in [0.3, 0.4) is 0 Å². The van der Waals surface area contributed by atoms with E-state index in [1.807, 2.05) is 45.3 Å². The van der Waals surface area contributed by atoms with E-state index in [2.05, 4.69) is 27.3 Å². The van der Waals surface area contributed by atoms with Gasteiger partial charge in [-0.15, -0.1) is 0 Å². The number of aromatic nitrogens is 1. The summed E-state index contributed by atoms with van der Waals surface area (Å²) in [4.78, 5) is 34.0. The third kappa shape index (κ3) is 4.65. The van der Waals surface area contributed by atoms with Gasteiger partial charge in [0.25, 0.3) is 5.91 Å². The van der Waals surface area contributed by atoms with E-state index in [-0.39, 0.29) is 11.8 Å². The summed E-state index contributed by atoms with van der Waals surface area (Å²) < 4.78 is 0. The summed E-state index contributed by atoms with van der Waals surface area (Å²) in [7, 11) is 5.71. The minimum absolute atomic E-state index is 0.0207. The van der Waals surface area contributed by atoms with Crippen molar-refractivity contribution in [1.82, 2.24) is 20.1 Å². The van der Waals surface area contributed by atoms with E-state index in [9.17, 15) is 9.59 Å². The van der Waals surface area contributed by atoms with Gasteiger partial charge < -0.3 is 15.1 Å². The Balaban J connectivity index is 1.91. The molecule has 1 unspecified atom stereocenters. The lowest BCUT2D eigenvalue weighted by Crippen LogP contribution is -2.51. The van der Waals surface area contributed by atoms with E-state index in [1.165, 1.54) is 5.56 Å². The van der Waals surface area contributed by atoms with Crippen LogP contribution in [-0.4, -0.2) is 60.8 Å². The summed E-state index contributed by atoms with van der Waals surface area (Å²) in [6, 6.07) is 12.0. The molecule has 154 valence electrons. The van der Waals surface area contributed by atoms with Crippen LogP contribution in [0.1, 0.15) is 35.8 Å². The molecule has 1 aliphatic rings. The van der Waals surface area contributed by atoms with Crippen LogP contribution in [-0.2, 0) is 11.3 Å². The molecule has 0 spiro atoms. The molecule has 2 heterocycles. The molecule has 0 radical (unpaired) electrons. The van der Waals surface area contributed by atoms with Gasteiger partial charge in [0.1, 0.15) is 5.69 Å². The van der Waals surface area contributed by atoms with Gasteiger partial charge in [-0.1, -0.05) is 24.3 Å². The fourth-order valence-corrected chi connectivity index (χ4v) is 4.06. The van der Waals surface area contributed by atoms with Crippen molar-refractivity contribution in [2.45, 2.75) is 26.3 Å². The fourth-order valence-electron chi connectivity index (χ4n) is 4.06. The maximum atomic E-state index is 13.4. The number of hydrogen-bond donors (Lipinski definition) is 1. The molecule has 2 amide bonds. The molecule has 2 aromatic rings. The highest BCUT2D eigenvalue weighted by atomic mass is 16.2. The van der Waals surface area contributed by atoms with Crippen molar-refractivity contribution >= 4 is 11.8 Å². The first-order chi connectivity index (χ1) is 13.8. The van der Waals surface area contributed by atoms with Crippen molar-refractivity contribution in [3.63, 3.8) is 0 Å². The summed E-state index contributed by atoms with van der Waals surface area (Å²) >= 11 is 0. The zero-order valence-electron chi connectivity index (χ0n) is 17.7. The first-order valence-corrected chi connectivity index (χ1v) is 10.0. The Hall–Kier alpha value is -2.73. The summed E-state index contributed by atoms with van der Waals surface area (Å²) in [5, 5.41) is 2.74. The Morgan fingerprint density at radius 2 is 2.03 bits per heavy atom. The molecule has 6 heteroatoms. The Kier molecular flexibility index (Phi) is 6.33. The average Bonchev–Trinajstić information content (AvgIpc) is 2.72. The molecule has 1 fully saturated rings. The normalized spacial score (nSPS) is 19.3. The summed E-state index contributed by atoms with van der Waals surface area (Å²) in [5.74, 6) is -0.138. The second-order valence-corrected chi connectivity index (χ2v) is 8.31. The topological polar surface area (TPSA) is 65.5 Å². The second-order valence-electron chi connectivity index (χ2n) is 8.31. The third-order valence-electron chi connectivity index (χ3n) is 5.51. The van der Waals surface area contributed by atoms with Gasteiger partial charge in [-0.05, 0) is 57.1 Å². The zero-order valence-corrected chi connectivity index (χ0v) is 17.7. The number of nitrogens with one attached hydrogen (secondary N) is 1. The summed E-state index contributed by atoms with van der Waals surface area (Å²) in [6.45, 7) is 3.80. The van der Waals surface area contributed by atoms with Crippen molar-refractivity contribution in [1.29, 1.82) is 0 Å². The molecule has 0 saturated carbocycles. The Morgan fingerprint density at radius 3 is 2.76 bits per heavy atom. The van der Waals surface area contributed by atoms with Gasteiger partial charge in [-0.3, -0.25) is 14.6 Å². The summed E-state index contributed by atoms with van der Waals surface area (Å²) in [5.41, 5.74) is 2.86. The van der Waals surface area contributed by atoms with Crippen molar-refractivity contribution in [3.05, 3.63) is 53.9 Å². The van der Waals surface area contributed by atoms with Gasteiger partial charge in [0.05, 0.1) is 5.41 Å². The molecule has 1 saturated heterocycles. The SMILES string of the molecule is CNC(=O)C1(C)CCCN(C(=O)c2ncccc2-c2cccc(CN(C)C)c2)C1. The zero-order chi connectivity index (χ0) is 21.0. The quantitative estimate of drug-likeness (QED) is 0.847. The number of pyridine rings is 1. The molecule has 1 atom stereocenters. The predicted octanol–water partition coefficient (Wildman–Crippen LogP) is 2.80. The number of benzene rings is 1. The van der Waals surface area contributed by atoms with E-state index >= 15 is 0 Å². The number of piperidine rings is 1. The first kappa shape index (κ1) is 21.0. The maximum absolute atomic E-state index is 13.4. The van der Waals surface area contributed by atoms with Gasteiger partial charge in [-0.25, -0.2) is 0 Å². The second kappa shape index (κ2) is 8.74. The number of likely N-dealkylation sites (tertiary alicyclic amines) is 1. The molecule has 1 aromatic heterocycles. The molecule has 29 heavy (non-hydrogen) atoms. The minimum Gasteiger partial charge on any atom is -0.359 e. The lowest BCUT2D eigenvalue weighted by Gasteiger charge is -2.39. The molecule has 0 bridgehead atoms. The average molecular weight is 395 g/mol. The largest absolute Gasteiger partial charge is 0.359 e. The molecule has 1 aliphatic heterocycles. The van der Waals surface area contributed by atoms with Crippen LogP contribution in [0.2, 0.25) is 0 Å². The van der Waals surface area contributed by atoms with E-state index in [0.717, 1.165) is 30.5 Å². The van der Waals surface area contributed by atoms with Crippen LogP contribution in [0.5, 0.6) is 0 Å². The van der Waals surface area contributed by atoms with Gasteiger partial charge in [0, 0.05) is 38.4 Å². The highest BCUT2D eigenvalue weighted by Crippen LogP contribution is 2.32. The van der Waals surface area contributed by atoms with E-state index < -0.39 is 5.41 Å². The van der Waals surface area contributed by atoms with Crippen LogP contribution >= 0.6 is 0 Å². The number of rotatable bonds is 5. The van der Waals surface area contributed by atoms with E-state index in [4.69, 9.17) is 0 Å². The molecular formula is C23H30N4O2. The van der Waals surface area contributed by atoms with Gasteiger partial charge in [-0.2, -0.15) is 0 Å². The summed E-state index contributed by atoms with van der Waals surface area (Å²) in [6.07, 6.45) is 3.23.